The Labute approximate surface area is 155 Å². The number of amides is 1. The number of hydrogen-bond acceptors (Lipinski definition) is 8. The van der Waals surface area contributed by atoms with Gasteiger partial charge in [0.2, 0.25) is 10.0 Å². The molecule has 1 fully saturated rings. The molecule has 1 aromatic carbocycles. The van der Waals surface area contributed by atoms with Crippen LogP contribution in [-0.4, -0.2) is 53.6 Å². The number of anilines is 1. The van der Waals surface area contributed by atoms with Crippen molar-refractivity contribution in [3.63, 3.8) is 0 Å². The topological polar surface area (TPSA) is 135 Å². The number of nitrogens with one attached hydrogen (secondary N) is 1. The molecule has 2 N–H and O–H groups in total. The van der Waals surface area contributed by atoms with E-state index in [0.717, 1.165) is 4.31 Å². The molecule has 3 heterocycles. The van der Waals surface area contributed by atoms with Crippen molar-refractivity contribution in [3.8, 4) is 5.75 Å². The molecule has 2 aromatic rings. The van der Waals surface area contributed by atoms with Crippen LogP contribution in [0.1, 0.15) is 25.1 Å². The predicted molar refractivity (Wildman–Crippen MR) is 91.5 cm³/mol. The normalized spacial score (nSPS) is 23.0. The molecule has 0 aliphatic carbocycles. The van der Waals surface area contributed by atoms with Crippen LogP contribution in [0.25, 0.3) is 0 Å². The largest absolute Gasteiger partial charge is 0.482 e. The molecule has 1 aromatic heterocycles. The van der Waals surface area contributed by atoms with Crippen LogP contribution in [0.5, 0.6) is 5.75 Å². The summed E-state index contributed by atoms with van der Waals surface area (Å²) in [5.41, 5.74) is -1.23. The summed E-state index contributed by atoms with van der Waals surface area (Å²) in [6.45, 7) is 1.65. The van der Waals surface area contributed by atoms with E-state index < -0.39 is 15.6 Å². The fraction of sp³-hybridized carbons (Fsp3) is 0.438. The maximum Gasteiger partial charge on any atom is 0.262 e. The van der Waals surface area contributed by atoms with Gasteiger partial charge in [-0.2, -0.15) is 9.29 Å². The highest BCUT2D eigenvalue weighted by molar-refractivity contribution is 7.89. The van der Waals surface area contributed by atoms with Crippen molar-refractivity contribution in [3.05, 3.63) is 29.9 Å². The molecule has 4 rings (SSSR count). The van der Waals surface area contributed by atoms with Crippen molar-refractivity contribution in [1.29, 1.82) is 0 Å². The van der Waals surface area contributed by atoms with Crippen LogP contribution in [0.2, 0.25) is 0 Å². The molecule has 0 bridgehead atoms. The zero-order valence-electron chi connectivity index (χ0n) is 14.5. The average Bonchev–Trinajstić information content (AvgIpc) is 3.29. The second-order valence-electron chi connectivity index (χ2n) is 6.48. The first kappa shape index (κ1) is 17.9. The number of rotatable bonds is 4. The number of fused-ring (bicyclic) bond motifs is 1. The van der Waals surface area contributed by atoms with Gasteiger partial charge in [0.25, 0.3) is 11.8 Å². The highest BCUT2D eigenvalue weighted by Gasteiger charge is 2.46. The van der Waals surface area contributed by atoms with Crippen LogP contribution in [0.4, 0.5) is 5.69 Å². The third kappa shape index (κ3) is 3.07. The van der Waals surface area contributed by atoms with Gasteiger partial charge in [0, 0.05) is 19.4 Å². The highest BCUT2D eigenvalue weighted by Crippen LogP contribution is 2.36. The first-order chi connectivity index (χ1) is 12.8. The van der Waals surface area contributed by atoms with Crippen molar-refractivity contribution in [2.45, 2.75) is 30.3 Å². The molecular formula is C16H18N4O6S. The molecule has 11 heteroatoms. The lowest BCUT2D eigenvalue weighted by atomic mass is 10.0. The number of aliphatic hydroxyl groups is 1. The Bertz CT molecular complexity index is 1000. The second kappa shape index (κ2) is 6.29. The maximum atomic E-state index is 13.0. The summed E-state index contributed by atoms with van der Waals surface area (Å²) in [5.74, 6) is 0.522. The third-order valence-corrected chi connectivity index (χ3v) is 6.46. The zero-order chi connectivity index (χ0) is 19.2. The van der Waals surface area contributed by atoms with Gasteiger partial charge < -0.3 is 19.7 Å². The van der Waals surface area contributed by atoms with E-state index in [4.69, 9.17) is 9.26 Å². The number of carbonyl (C=O) groups is 1. The van der Waals surface area contributed by atoms with Gasteiger partial charge in [-0.15, -0.1) is 0 Å². The summed E-state index contributed by atoms with van der Waals surface area (Å²) < 4.78 is 37.5. The Morgan fingerprint density at radius 1 is 1.41 bits per heavy atom. The first-order valence-corrected chi connectivity index (χ1v) is 9.88. The average molecular weight is 394 g/mol. The van der Waals surface area contributed by atoms with E-state index in [2.05, 4.69) is 15.5 Å². The van der Waals surface area contributed by atoms with E-state index >= 15 is 0 Å². The van der Waals surface area contributed by atoms with Gasteiger partial charge in [-0.25, -0.2) is 8.42 Å². The molecule has 1 atom stereocenters. The fourth-order valence-electron chi connectivity index (χ4n) is 3.10. The number of aryl methyl sites for hydroxylation is 1. The second-order valence-corrected chi connectivity index (χ2v) is 8.42. The summed E-state index contributed by atoms with van der Waals surface area (Å²) >= 11 is 0. The van der Waals surface area contributed by atoms with Crippen LogP contribution < -0.4 is 10.1 Å². The standard InChI is InChI=1S/C16H18N4O6S/c1-2-13-18-15(26-19-13)16(22)5-6-20(9-16)27(23,24)10-3-4-12-11(7-10)17-14(21)8-25-12/h3-4,7,22H,2,5-6,8-9H2,1H3,(H,17,21). The summed E-state index contributed by atoms with van der Waals surface area (Å²) in [6, 6.07) is 4.25. The Kier molecular flexibility index (Phi) is 4.17. The lowest BCUT2D eigenvalue weighted by Crippen LogP contribution is -2.35. The van der Waals surface area contributed by atoms with E-state index in [1.54, 1.807) is 0 Å². The van der Waals surface area contributed by atoms with Gasteiger partial charge in [-0.05, 0) is 18.2 Å². The molecule has 0 spiro atoms. The number of hydrogen-bond donors (Lipinski definition) is 2. The quantitative estimate of drug-likeness (QED) is 0.753. The van der Waals surface area contributed by atoms with Crippen molar-refractivity contribution < 1.29 is 27.6 Å². The Morgan fingerprint density at radius 2 is 2.22 bits per heavy atom. The monoisotopic (exact) mass is 394 g/mol. The van der Waals surface area contributed by atoms with Gasteiger partial charge in [-0.1, -0.05) is 12.1 Å². The fourth-order valence-corrected chi connectivity index (χ4v) is 4.62. The highest BCUT2D eigenvalue weighted by atomic mass is 32.2. The van der Waals surface area contributed by atoms with Crippen molar-refractivity contribution >= 4 is 21.6 Å². The number of ether oxygens (including phenoxy) is 1. The van der Waals surface area contributed by atoms with Gasteiger partial charge in [-0.3, -0.25) is 4.79 Å². The molecule has 27 heavy (non-hydrogen) atoms. The zero-order valence-corrected chi connectivity index (χ0v) is 15.3. The van der Waals surface area contributed by atoms with E-state index in [1.165, 1.54) is 18.2 Å². The minimum absolute atomic E-state index is 0.00363. The van der Waals surface area contributed by atoms with Crippen LogP contribution in [0, 0.1) is 0 Å². The number of β-amino-alcohol motifs (C(OH)–C–C–N with tert-alkyl or cyclic N) is 1. The molecule has 0 radical (unpaired) electrons. The predicted octanol–water partition coefficient (Wildman–Crippen LogP) is 0.245. The van der Waals surface area contributed by atoms with E-state index in [0.29, 0.717) is 23.7 Å². The molecular weight excluding hydrogens is 376 g/mol. The Morgan fingerprint density at radius 3 is 2.96 bits per heavy atom. The van der Waals surface area contributed by atoms with Crippen LogP contribution in [-0.2, 0) is 26.8 Å². The number of carbonyl (C=O) groups excluding carboxylic acids is 1. The van der Waals surface area contributed by atoms with Gasteiger partial charge in [0.1, 0.15) is 5.75 Å². The molecule has 2 aliphatic rings. The molecule has 10 nitrogen and oxygen atoms in total. The van der Waals surface area contributed by atoms with Crippen molar-refractivity contribution in [2.24, 2.45) is 0 Å². The number of sulfonamides is 1. The Hall–Kier alpha value is -2.50. The Balaban J connectivity index is 1.60. The summed E-state index contributed by atoms with van der Waals surface area (Å²) in [4.78, 5) is 15.6. The van der Waals surface area contributed by atoms with Crippen LogP contribution >= 0.6 is 0 Å². The number of nitrogens with zero attached hydrogens (tertiary/aromatic N) is 3. The van der Waals surface area contributed by atoms with Crippen LogP contribution in [0.3, 0.4) is 0 Å². The lowest BCUT2D eigenvalue weighted by Gasteiger charge is -2.22. The summed E-state index contributed by atoms with van der Waals surface area (Å²) in [7, 11) is -3.89. The molecule has 0 saturated carbocycles. The van der Waals surface area contributed by atoms with E-state index in [1.807, 2.05) is 6.92 Å². The minimum Gasteiger partial charge on any atom is -0.482 e. The van der Waals surface area contributed by atoms with Crippen molar-refractivity contribution in [1.82, 2.24) is 14.4 Å². The smallest absolute Gasteiger partial charge is 0.262 e. The van der Waals surface area contributed by atoms with Gasteiger partial charge >= 0.3 is 0 Å². The van der Waals surface area contributed by atoms with Gasteiger partial charge in [0.15, 0.2) is 18.0 Å². The molecule has 144 valence electrons. The van der Waals surface area contributed by atoms with Crippen LogP contribution in [0.15, 0.2) is 27.6 Å². The third-order valence-electron chi connectivity index (χ3n) is 4.62. The summed E-state index contributed by atoms with van der Waals surface area (Å²) in [6.07, 6.45) is 0.687. The lowest BCUT2D eigenvalue weighted by molar-refractivity contribution is -0.118. The molecule has 2 aliphatic heterocycles. The minimum atomic E-state index is -3.89. The molecule has 1 amide bonds. The number of benzene rings is 1. The SMILES string of the molecule is CCc1noc(C2(O)CCN(S(=O)(=O)c3ccc4c(c3)NC(=O)CO4)C2)n1. The number of aromatic nitrogens is 2. The van der Waals surface area contributed by atoms with Gasteiger partial charge in [0.05, 0.1) is 17.1 Å². The van der Waals surface area contributed by atoms with E-state index in [-0.39, 0.29) is 42.8 Å². The van der Waals surface area contributed by atoms with Crippen molar-refractivity contribution in [2.75, 3.05) is 25.0 Å². The first-order valence-electron chi connectivity index (χ1n) is 8.44. The summed E-state index contributed by atoms with van der Waals surface area (Å²) in [5, 5.41) is 17.1. The molecule has 1 unspecified atom stereocenters. The molecule has 1 saturated heterocycles. The van der Waals surface area contributed by atoms with E-state index in [9.17, 15) is 18.3 Å². The maximum absolute atomic E-state index is 13.0.